The normalized spacial score (nSPS) is 54.8. The first-order valence-corrected chi connectivity index (χ1v) is 7.52. The lowest BCUT2D eigenvalue weighted by atomic mass is 9.48. The molecule has 1 saturated heterocycles. The number of hydrogen-bond acceptors (Lipinski definition) is 1. The van der Waals surface area contributed by atoms with Gasteiger partial charge in [0, 0.05) is 0 Å². The van der Waals surface area contributed by atoms with Gasteiger partial charge in [0.25, 0.3) is 0 Å². The van der Waals surface area contributed by atoms with Crippen LogP contribution in [0.4, 0.5) is 0 Å². The van der Waals surface area contributed by atoms with E-state index in [-0.39, 0.29) is 0 Å². The Labute approximate surface area is 99.4 Å². The van der Waals surface area contributed by atoms with Gasteiger partial charge in [-0.15, -0.1) is 0 Å². The SMILES string of the molecule is C1CC(CC23CC4CC(CC(C4)C2)C3)CN1. The van der Waals surface area contributed by atoms with Crippen LogP contribution in [0.5, 0.6) is 0 Å². The molecule has 0 aromatic carbocycles. The molecule has 0 radical (unpaired) electrons. The zero-order chi connectivity index (χ0) is 10.6. The third kappa shape index (κ3) is 1.54. The molecule has 5 fully saturated rings. The molecule has 4 bridgehead atoms. The average molecular weight is 219 g/mol. The molecule has 16 heavy (non-hydrogen) atoms. The zero-order valence-electron chi connectivity index (χ0n) is 10.4. The van der Waals surface area contributed by atoms with Gasteiger partial charge >= 0.3 is 0 Å². The number of nitrogens with one attached hydrogen (secondary N) is 1. The molecular weight excluding hydrogens is 194 g/mol. The molecule has 1 nitrogen and oxygen atoms in total. The van der Waals surface area contributed by atoms with Crippen LogP contribution in [0.3, 0.4) is 0 Å². The molecule has 90 valence electrons. The third-order valence-corrected chi connectivity index (χ3v) is 6.05. The van der Waals surface area contributed by atoms with Gasteiger partial charge in [-0.1, -0.05) is 0 Å². The van der Waals surface area contributed by atoms with Gasteiger partial charge in [0.05, 0.1) is 0 Å². The predicted octanol–water partition coefficient (Wildman–Crippen LogP) is 3.20. The van der Waals surface area contributed by atoms with Crippen molar-refractivity contribution in [1.29, 1.82) is 0 Å². The van der Waals surface area contributed by atoms with Crippen molar-refractivity contribution in [3.63, 3.8) is 0 Å². The van der Waals surface area contributed by atoms with E-state index in [1.165, 1.54) is 19.5 Å². The fourth-order valence-corrected chi connectivity index (χ4v) is 6.04. The summed E-state index contributed by atoms with van der Waals surface area (Å²) in [5, 5.41) is 3.55. The highest BCUT2D eigenvalue weighted by molar-refractivity contribution is 5.02. The summed E-state index contributed by atoms with van der Waals surface area (Å²) < 4.78 is 0. The smallest absolute Gasteiger partial charge is 0.00198 e. The van der Waals surface area contributed by atoms with E-state index in [0.717, 1.165) is 29.1 Å². The standard InChI is InChI=1S/C15H25N/c1-2-16-10-11(1)6-15-7-12-3-13(8-15)5-14(4-12)9-15/h11-14,16H,1-10H2. The van der Waals surface area contributed by atoms with Gasteiger partial charge in [-0.05, 0) is 93.5 Å². The van der Waals surface area contributed by atoms with Crippen molar-refractivity contribution < 1.29 is 0 Å². The van der Waals surface area contributed by atoms with Crippen molar-refractivity contribution in [3.8, 4) is 0 Å². The van der Waals surface area contributed by atoms with E-state index in [9.17, 15) is 0 Å². The summed E-state index contributed by atoms with van der Waals surface area (Å²) in [4.78, 5) is 0. The molecule has 1 N–H and O–H groups in total. The Morgan fingerprint density at radius 2 is 1.56 bits per heavy atom. The summed E-state index contributed by atoms with van der Waals surface area (Å²) in [7, 11) is 0. The van der Waals surface area contributed by atoms with Gasteiger partial charge in [-0.2, -0.15) is 0 Å². The summed E-state index contributed by atoms with van der Waals surface area (Å²) in [6, 6.07) is 0. The second kappa shape index (κ2) is 3.48. The lowest BCUT2D eigenvalue weighted by molar-refractivity contribution is -0.0641. The van der Waals surface area contributed by atoms with Crippen LogP contribution in [0.2, 0.25) is 0 Å². The molecule has 4 aliphatic carbocycles. The molecule has 0 aromatic rings. The van der Waals surface area contributed by atoms with E-state index in [1.54, 1.807) is 44.9 Å². The molecule has 0 aromatic heterocycles. The summed E-state index contributed by atoms with van der Waals surface area (Å²) in [5.41, 5.74) is 0.825. The number of rotatable bonds is 2. The third-order valence-electron chi connectivity index (χ3n) is 6.05. The molecule has 0 amide bonds. The second-order valence-corrected chi connectivity index (χ2v) is 7.48. The van der Waals surface area contributed by atoms with Crippen LogP contribution < -0.4 is 5.32 Å². The second-order valence-electron chi connectivity index (χ2n) is 7.48. The van der Waals surface area contributed by atoms with Gasteiger partial charge in [-0.3, -0.25) is 0 Å². The Morgan fingerprint density at radius 1 is 0.938 bits per heavy atom. The van der Waals surface area contributed by atoms with Crippen molar-refractivity contribution in [1.82, 2.24) is 5.32 Å². The van der Waals surface area contributed by atoms with Gasteiger partial charge in [-0.25, -0.2) is 0 Å². The Kier molecular flexibility index (Phi) is 2.16. The fraction of sp³-hybridized carbons (Fsp3) is 1.00. The van der Waals surface area contributed by atoms with Crippen LogP contribution in [0.25, 0.3) is 0 Å². The van der Waals surface area contributed by atoms with Crippen LogP contribution in [0, 0.1) is 29.1 Å². The summed E-state index contributed by atoms with van der Waals surface area (Å²) >= 11 is 0. The van der Waals surface area contributed by atoms with E-state index >= 15 is 0 Å². The lowest BCUT2D eigenvalue weighted by Crippen LogP contribution is -2.46. The minimum Gasteiger partial charge on any atom is -0.316 e. The molecule has 1 heterocycles. The molecule has 5 rings (SSSR count). The quantitative estimate of drug-likeness (QED) is 0.752. The molecule has 5 aliphatic rings. The number of hydrogen-bond donors (Lipinski definition) is 1. The molecule has 0 spiro atoms. The zero-order valence-corrected chi connectivity index (χ0v) is 10.4. The minimum atomic E-state index is 0.825. The van der Waals surface area contributed by atoms with Crippen molar-refractivity contribution in [3.05, 3.63) is 0 Å². The Balaban J connectivity index is 1.52. The summed E-state index contributed by atoms with van der Waals surface area (Å²) in [6.07, 6.45) is 12.7. The van der Waals surface area contributed by atoms with Crippen LogP contribution in [-0.2, 0) is 0 Å². The highest BCUT2D eigenvalue weighted by Gasteiger charge is 2.51. The van der Waals surface area contributed by atoms with Gasteiger partial charge in [0.2, 0.25) is 0 Å². The first-order chi connectivity index (χ1) is 7.81. The maximum absolute atomic E-state index is 3.55. The molecule has 1 unspecified atom stereocenters. The molecule has 1 heteroatoms. The van der Waals surface area contributed by atoms with Gasteiger partial charge in [0.15, 0.2) is 0 Å². The molecule has 4 saturated carbocycles. The Morgan fingerprint density at radius 3 is 2.06 bits per heavy atom. The molecule has 1 aliphatic heterocycles. The first-order valence-electron chi connectivity index (χ1n) is 7.52. The lowest BCUT2D eigenvalue weighted by Gasteiger charge is -2.57. The average Bonchev–Trinajstić information content (AvgIpc) is 2.66. The molecular formula is C15H25N. The van der Waals surface area contributed by atoms with Crippen molar-refractivity contribution in [2.75, 3.05) is 13.1 Å². The van der Waals surface area contributed by atoms with Crippen LogP contribution in [0.15, 0.2) is 0 Å². The van der Waals surface area contributed by atoms with E-state index in [0.29, 0.717) is 0 Å². The highest BCUT2D eigenvalue weighted by atomic mass is 14.9. The largest absolute Gasteiger partial charge is 0.316 e. The van der Waals surface area contributed by atoms with E-state index < -0.39 is 0 Å². The van der Waals surface area contributed by atoms with Crippen LogP contribution in [0.1, 0.15) is 51.4 Å². The van der Waals surface area contributed by atoms with E-state index in [4.69, 9.17) is 0 Å². The Hall–Kier alpha value is -0.0400. The van der Waals surface area contributed by atoms with E-state index in [1.807, 2.05) is 0 Å². The maximum Gasteiger partial charge on any atom is -0.00198 e. The summed E-state index contributed by atoms with van der Waals surface area (Å²) in [5.74, 6) is 4.44. The van der Waals surface area contributed by atoms with Gasteiger partial charge < -0.3 is 5.32 Å². The molecule has 1 atom stereocenters. The van der Waals surface area contributed by atoms with Crippen molar-refractivity contribution in [2.24, 2.45) is 29.1 Å². The van der Waals surface area contributed by atoms with Crippen molar-refractivity contribution in [2.45, 2.75) is 51.4 Å². The minimum absolute atomic E-state index is 0.825. The van der Waals surface area contributed by atoms with Crippen LogP contribution in [-0.4, -0.2) is 13.1 Å². The van der Waals surface area contributed by atoms with E-state index in [2.05, 4.69) is 5.32 Å². The monoisotopic (exact) mass is 219 g/mol. The fourth-order valence-electron chi connectivity index (χ4n) is 6.04. The maximum atomic E-state index is 3.55. The highest BCUT2D eigenvalue weighted by Crippen LogP contribution is 2.62. The van der Waals surface area contributed by atoms with Crippen molar-refractivity contribution >= 4 is 0 Å². The van der Waals surface area contributed by atoms with Gasteiger partial charge in [0.1, 0.15) is 0 Å². The first kappa shape index (κ1) is 9.94. The summed E-state index contributed by atoms with van der Waals surface area (Å²) in [6.45, 7) is 2.61. The Bertz CT molecular complexity index is 242. The predicted molar refractivity (Wildman–Crippen MR) is 66.2 cm³/mol. The topological polar surface area (TPSA) is 12.0 Å². The van der Waals surface area contributed by atoms with Crippen LogP contribution >= 0.6 is 0 Å².